The number of nitrogen functional groups attached to an aromatic ring is 1. The molecule has 0 aliphatic rings. The second kappa shape index (κ2) is 3.96. The highest BCUT2D eigenvalue weighted by molar-refractivity contribution is 5.94. The van der Waals surface area contributed by atoms with E-state index in [9.17, 15) is 23.7 Å². The summed E-state index contributed by atoms with van der Waals surface area (Å²) in [5.74, 6) is 1.06. The number of hydrogen-bond donors (Lipinski definition) is 2. The first-order valence-electron chi connectivity index (χ1n) is 3.61. The number of nitrogens with two attached hydrogens (primary N) is 1. The van der Waals surface area contributed by atoms with Crippen LogP contribution in [0.1, 0.15) is 10.4 Å². The van der Waals surface area contributed by atoms with Crippen LogP contribution in [0, 0.1) is 21.7 Å². The number of carbonyl (C=O) groups is 1. The molecule has 80 valence electrons. The standard InChI is InChI=1S/C7H5F2N3O3/c8-4-2-5(9)6(12(14)15)1-3(4)7(13)11-10/h1-2H,10H2,(H,11,13). The maximum absolute atomic E-state index is 13.0. The Kier molecular flexibility index (Phi) is 2.90. The minimum atomic E-state index is -1.36. The monoisotopic (exact) mass is 217 g/mol. The number of benzene rings is 1. The van der Waals surface area contributed by atoms with Crippen LogP contribution in [0.25, 0.3) is 0 Å². The Morgan fingerprint density at radius 2 is 2.00 bits per heavy atom. The predicted molar refractivity (Wildman–Crippen MR) is 44.7 cm³/mol. The summed E-state index contributed by atoms with van der Waals surface area (Å²) in [6.45, 7) is 0. The van der Waals surface area contributed by atoms with Gasteiger partial charge in [-0.1, -0.05) is 0 Å². The van der Waals surface area contributed by atoms with Crippen LogP contribution in [0.15, 0.2) is 12.1 Å². The van der Waals surface area contributed by atoms with E-state index in [1.54, 1.807) is 5.43 Å². The van der Waals surface area contributed by atoms with Gasteiger partial charge in [0.2, 0.25) is 5.82 Å². The molecular formula is C7H5F2N3O3. The summed E-state index contributed by atoms with van der Waals surface area (Å²) in [5.41, 5.74) is -0.0963. The molecular weight excluding hydrogens is 212 g/mol. The minimum Gasteiger partial charge on any atom is -0.290 e. The van der Waals surface area contributed by atoms with Gasteiger partial charge >= 0.3 is 5.69 Å². The molecule has 3 N–H and O–H groups in total. The van der Waals surface area contributed by atoms with Gasteiger partial charge in [-0.2, -0.15) is 4.39 Å². The zero-order chi connectivity index (χ0) is 11.6. The van der Waals surface area contributed by atoms with Crippen molar-refractivity contribution in [2.45, 2.75) is 0 Å². The SMILES string of the molecule is NNC(=O)c1cc([N+](=O)[O-])c(F)cc1F. The molecule has 0 radical (unpaired) electrons. The smallest absolute Gasteiger partial charge is 0.290 e. The van der Waals surface area contributed by atoms with Gasteiger partial charge in [0.1, 0.15) is 5.82 Å². The quantitative estimate of drug-likeness (QED) is 0.325. The number of nitrogens with zero attached hydrogens (tertiary/aromatic N) is 1. The molecule has 0 fully saturated rings. The van der Waals surface area contributed by atoms with Crippen LogP contribution in [-0.4, -0.2) is 10.8 Å². The number of halogens is 2. The van der Waals surface area contributed by atoms with E-state index in [4.69, 9.17) is 5.84 Å². The number of nitro groups is 1. The van der Waals surface area contributed by atoms with Gasteiger partial charge in [0.05, 0.1) is 10.5 Å². The molecule has 1 aromatic carbocycles. The second-order valence-corrected chi connectivity index (χ2v) is 2.51. The second-order valence-electron chi connectivity index (χ2n) is 2.51. The fourth-order valence-electron chi connectivity index (χ4n) is 0.929. The Hall–Kier alpha value is -2.09. The molecule has 0 aliphatic heterocycles. The van der Waals surface area contributed by atoms with Crippen LogP contribution < -0.4 is 11.3 Å². The van der Waals surface area contributed by atoms with Crippen LogP contribution in [0.2, 0.25) is 0 Å². The largest absolute Gasteiger partial charge is 0.305 e. The first-order chi connectivity index (χ1) is 6.97. The average molecular weight is 217 g/mol. The third-order valence-corrected chi connectivity index (χ3v) is 1.61. The Labute approximate surface area is 81.8 Å². The maximum Gasteiger partial charge on any atom is 0.305 e. The van der Waals surface area contributed by atoms with E-state index in [1.807, 2.05) is 0 Å². The van der Waals surface area contributed by atoms with Crippen molar-refractivity contribution in [3.63, 3.8) is 0 Å². The number of hydrogen-bond acceptors (Lipinski definition) is 4. The zero-order valence-electron chi connectivity index (χ0n) is 7.16. The molecule has 0 aliphatic carbocycles. The lowest BCUT2D eigenvalue weighted by atomic mass is 10.1. The molecule has 1 aromatic rings. The minimum absolute atomic E-state index is 0.253. The molecule has 8 heteroatoms. The Morgan fingerprint density at radius 3 is 2.47 bits per heavy atom. The molecule has 15 heavy (non-hydrogen) atoms. The summed E-state index contributed by atoms with van der Waals surface area (Å²) < 4.78 is 25.8. The number of nitro benzene ring substituents is 1. The van der Waals surface area contributed by atoms with Gasteiger partial charge in [-0.05, 0) is 0 Å². The van der Waals surface area contributed by atoms with Crippen molar-refractivity contribution in [2.24, 2.45) is 5.84 Å². The molecule has 1 amide bonds. The fourth-order valence-corrected chi connectivity index (χ4v) is 0.929. The van der Waals surface area contributed by atoms with E-state index in [2.05, 4.69) is 0 Å². The van der Waals surface area contributed by atoms with Gasteiger partial charge in [0.15, 0.2) is 0 Å². The molecule has 0 aromatic heterocycles. The third kappa shape index (κ3) is 2.05. The van der Waals surface area contributed by atoms with Gasteiger partial charge in [0.25, 0.3) is 5.91 Å². The van der Waals surface area contributed by atoms with Crippen LogP contribution in [0.3, 0.4) is 0 Å². The van der Waals surface area contributed by atoms with Crippen LogP contribution in [0.5, 0.6) is 0 Å². The number of nitrogens with one attached hydrogen (secondary N) is 1. The Morgan fingerprint density at radius 1 is 1.40 bits per heavy atom. The molecule has 0 heterocycles. The number of rotatable bonds is 2. The van der Waals surface area contributed by atoms with E-state index in [0.29, 0.717) is 6.07 Å². The summed E-state index contributed by atoms with van der Waals surface area (Å²) in [7, 11) is 0. The highest BCUT2D eigenvalue weighted by atomic mass is 19.1. The number of carbonyl (C=O) groups excluding carboxylic acids is 1. The van der Waals surface area contributed by atoms with E-state index < -0.39 is 33.7 Å². The fraction of sp³-hybridized carbons (Fsp3) is 0. The molecule has 0 saturated heterocycles. The normalized spacial score (nSPS) is 9.80. The summed E-state index contributed by atoms with van der Waals surface area (Å²) in [6, 6.07) is 0.732. The average Bonchev–Trinajstić information content (AvgIpc) is 2.16. The molecule has 0 atom stereocenters. The lowest BCUT2D eigenvalue weighted by Gasteiger charge is -2.01. The third-order valence-electron chi connectivity index (χ3n) is 1.61. The molecule has 1 rings (SSSR count). The Balaban J connectivity index is 3.36. The molecule has 0 unspecified atom stereocenters. The highest BCUT2D eigenvalue weighted by Crippen LogP contribution is 2.21. The first-order valence-corrected chi connectivity index (χ1v) is 3.61. The van der Waals surface area contributed by atoms with Crippen molar-refractivity contribution < 1.29 is 18.5 Å². The summed E-state index contributed by atoms with van der Waals surface area (Å²) in [5, 5.41) is 10.3. The van der Waals surface area contributed by atoms with Gasteiger partial charge in [-0.3, -0.25) is 20.3 Å². The van der Waals surface area contributed by atoms with Gasteiger partial charge in [-0.15, -0.1) is 0 Å². The van der Waals surface area contributed by atoms with Crippen molar-refractivity contribution in [1.29, 1.82) is 0 Å². The molecule has 0 spiro atoms. The Bertz CT molecular complexity index is 436. The van der Waals surface area contributed by atoms with E-state index >= 15 is 0 Å². The number of hydrazine groups is 1. The lowest BCUT2D eigenvalue weighted by molar-refractivity contribution is -0.387. The van der Waals surface area contributed by atoms with Crippen molar-refractivity contribution >= 4 is 11.6 Å². The highest BCUT2D eigenvalue weighted by Gasteiger charge is 2.21. The van der Waals surface area contributed by atoms with Crippen molar-refractivity contribution in [1.82, 2.24) is 5.43 Å². The van der Waals surface area contributed by atoms with Crippen LogP contribution >= 0.6 is 0 Å². The van der Waals surface area contributed by atoms with E-state index in [-0.39, 0.29) is 6.07 Å². The summed E-state index contributed by atoms with van der Waals surface area (Å²) >= 11 is 0. The van der Waals surface area contributed by atoms with Gasteiger partial charge in [-0.25, -0.2) is 10.2 Å². The summed E-state index contributed by atoms with van der Waals surface area (Å²) in [4.78, 5) is 20.1. The predicted octanol–water partition coefficient (Wildman–Crippen LogP) is 0.476. The van der Waals surface area contributed by atoms with Crippen LogP contribution in [0.4, 0.5) is 14.5 Å². The first kappa shape index (κ1) is 11.0. The maximum atomic E-state index is 13.0. The van der Waals surface area contributed by atoms with Crippen molar-refractivity contribution in [3.8, 4) is 0 Å². The number of amides is 1. The molecule has 0 saturated carbocycles. The van der Waals surface area contributed by atoms with Crippen molar-refractivity contribution in [3.05, 3.63) is 39.4 Å². The van der Waals surface area contributed by atoms with Crippen LogP contribution in [-0.2, 0) is 0 Å². The van der Waals surface area contributed by atoms with E-state index in [0.717, 1.165) is 0 Å². The van der Waals surface area contributed by atoms with Gasteiger partial charge < -0.3 is 0 Å². The summed E-state index contributed by atoms with van der Waals surface area (Å²) in [6.07, 6.45) is 0. The van der Waals surface area contributed by atoms with Gasteiger partial charge in [0, 0.05) is 12.1 Å². The topological polar surface area (TPSA) is 98.3 Å². The van der Waals surface area contributed by atoms with Crippen molar-refractivity contribution in [2.75, 3.05) is 0 Å². The molecule has 6 nitrogen and oxygen atoms in total. The zero-order valence-corrected chi connectivity index (χ0v) is 7.16. The molecule has 0 bridgehead atoms. The van der Waals surface area contributed by atoms with E-state index in [1.165, 1.54) is 0 Å². The lowest BCUT2D eigenvalue weighted by Crippen LogP contribution is -2.30.